The molecule has 1 saturated carbocycles. The average Bonchev–Trinajstić information content (AvgIpc) is 2.89. The maximum absolute atomic E-state index is 11.6. The van der Waals surface area contributed by atoms with E-state index in [0.29, 0.717) is 10.9 Å². The fourth-order valence-electron chi connectivity index (χ4n) is 1.50. The van der Waals surface area contributed by atoms with Crippen LogP contribution in [-0.4, -0.2) is 5.91 Å². The Morgan fingerprint density at radius 3 is 2.80 bits per heavy atom. The molecule has 1 aliphatic carbocycles. The van der Waals surface area contributed by atoms with Crippen LogP contribution >= 0.6 is 27.5 Å². The van der Waals surface area contributed by atoms with Gasteiger partial charge in [-0.3, -0.25) is 4.79 Å². The van der Waals surface area contributed by atoms with Crippen LogP contribution in [0.1, 0.15) is 13.3 Å². The first-order chi connectivity index (χ1) is 7.08. The van der Waals surface area contributed by atoms with Gasteiger partial charge >= 0.3 is 0 Å². The molecule has 0 bridgehead atoms. The fraction of sp³-hybridized carbons (Fsp3) is 0.364. The second-order valence-corrected chi connectivity index (χ2v) is 5.20. The van der Waals surface area contributed by atoms with Crippen molar-refractivity contribution in [2.45, 2.75) is 13.3 Å². The van der Waals surface area contributed by atoms with Gasteiger partial charge in [0.25, 0.3) is 0 Å². The molecule has 0 saturated heterocycles. The van der Waals surface area contributed by atoms with Crippen molar-refractivity contribution >= 4 is 39.1 Å². The maximum atomic E-state index is 11.6. The van der Waals surface area contributed by atoms with Gasteiger partial charge in [-0.2, -0.15) is 0 Å². The van der Waals surface area contributed by atoms with Crippen molar-refractivity contribution in [3.8, 4) is 0 Å². The number of anilines is 1. The molecular formula is C11H11BrClNO. The molecule has 1 aromatic rings. The number of amides is 1. The van der Waals surface area contributed by atoms with E-state index in [4.69, 9.17) is 11.6 Å². The summed E-state index contributed by atoms with van der Waals surface area (Å²) in [7, 11) is 0. The number of benzene rings is 1. The van der Waals surface area contributed by atoms with E-state index in [1.165, 1.54) is 0 Å². The number of halogens is 2. The third kappa shape index (κ3) is 2.52. The van der Waals surface area contributed by atoms with Gasteiger partial charge in [0.15, 0.2) is 0 Å². The third-order valence-electron chi connectivity index (χ3n) is 2.63. The number of nitrogens with one attached hydrogen (secondary N) is 1. The topological polar surface area (TPSA) is 29.1 Å². The molecular weight excluding hydrogens is 277 g/mol. The Bertz CT molecular complexity index is 408. The number of carbonyl (C=O) groups is 1. The Labute approximate surface area is 102 Å². The monoisotopic (exact) mass is 287 g/mol. The van der Waals surface area contributed by atoms with Crippen molar-refractivity contribution in [2.75, 3.05) is 5.32 Å². The predicted molar refractivity (Wildman–Crippen MR) is 65.1 cm³/mol. The average molecular weight is 289 g/mol. The molecule has 1 aromatic carbocycles. The van der Waals surface area contributed by atoms with Crippen molar-refractivity contribution in [3.63, 3.8) is 0 Å². The van der Waals surface area contributed by atoms with Crippen LogP contribution in [0.4, 0.5) is 5.69 Å². The zero-order valence-electron chi connectivity index (χ0n) is 8.26. The molecule has 1 N–H and O–H groups in total. The van der Waals surface area contributed by atoms with Crippen molar-refractivity contribution < 1.29 is 4.79 Å². The zero-order valence-corrected chi connectivity index (χ0v) is 10.6. The van der Waals surface area contributed by atoms with Crippen LogP contribution in [0.15, 0.2) is 22.7 Å². The summed E-state index contributed by atoms with van der Waals surface area (Å²) in [4.78, 5) is 11.6. The highest BCUT2D eigenvalue weighted by molar-refractivity contribution is 9.10. The molecule has 0 spiro atoms. The summed E-state index contributed by atoms with van der Waals surface area (Å²) in [6, 6.07) is 5.41. The van der Waals surface area contributed by atoms with E-state index in [-0.39, 0.29) is 11.8 Å². The van der Waals surface area contributed by atoms with Crippen LogP contribution in [0.3, 0.4) is 0 Å². The highest BCUT2D eigenvalue weighted by Crippen LogP contribution is 2.38. The summed E-state index contributed by atoms with van der Waals surface area (Å²) in [5, 5.41) is 3.47. The largest absolute Gasteiger partial charge is 0.326 e. The minimum Gasteiger partial charge on any atom is -0.326 e. The summed E-state index contributed by atoms with van der Waals surface area (Å²) in [5.41, 5.74) is 0.757. The number of hydrogen-bond donors (Lipinski definition) is 1. The smallest absolute Gasteiger partial charge is 0.227 e. The van der Waals surface area contributed by atoms with Crippen molar-refractivity contribution in [2.24, 2.45) is 11.8 Å². The van der Waals surface area contributed by atoms with E-state index in [9.17, 15) is 4.79 Å². The second kappa shape index (κ2) is 4.14. The number of rotatable bonds is 2. The summed E-state index contributed by atoms with van der Waals surface area (Å²) in [6.45, 7) is 2.08. The molecule has 0 heterocycles. The number of hydrogen-bond acceptors (Lipinski definition) is 1. The van der Waals surface area contributed by atoms with Gasteiger partial charge in [0.1, 0.15) is 0 Å². The molecule has 80 valence electrons. The van der Waals surface area contributed by atoms with Gasteiger partial charge in [-0.1, -0.05) is 18.5 Å². The first kappa shape index (κ1) is 11.0. The molecule has 4 heteroatoms. The van der Waals surface area contributed by atoms with Crippen LogP contribution < -0.4 is 5.32 Å². The standard InChI is InChI=1S/C11H11BrClNO/c1-6-4-8(6)11(15)14-7-2-3-9(12)10(13)5-7/h2-3,5-6,8H,4H2,1H3,(H,14,15)/t6-,8-/m1/s1. The Kier molecular flexibility index (Phi) is 3.03. The van der Waals surface area contributed by atoms with Crippen LogP contribution in [0.25, 0.3) is 0 Å². The van der Waals surface area contributed by atoms with Crippen molar-refractivity contribution in [1.82, 2.24) is 0 Å². The lowest BCUT2D eigenvalue weighted by Gasteiger charge is -2.05. The van der Waals surface area contributed by atoms with Crippen molar-refractivity contribution in [3.05, 3.63) is 27.7 Å². The van der Waals surface area contributed by atoms with Crippen LogP contribution in [-0.2, 0) is 4.79 Å². The maximum Gasteiger partial charge on any atom is 0.227 e. The summed E-state index contributed by atoms with van der Waals surface area (Å²) < 4.78 is 0.835. The van der Waals surface area contributed by atoms with E-state index in [2.05, 4.69) is 28.2 Å². The first-order valence-corrected chi connectivity index (χ1v) is 6.01. The minimum absolute atomic E-state index is 0.0980. The third-order valence-corrected chi connectivity index (χ3v) is 3.87. The summed E-state index contributed by atoms with van der Waals surface area (Å²) in [6.07, 6.45) is 0.996. The quantitative estimate of drug-likeness (QED) is 0.883. The number of carbonyl (C=O) groups excluding carboxylic acids is 1. The van der Waals surface area contributed by atoms with Gasteiger partial charge in [-0.25, -0.2) is 0 Å². The molecule has 2 nitrogen and oxygen atoms in total. The van der Waals surface area contributed by atoms with Gasteiger partial charge in [-0.15, -0.1) is 0 Å². The summed E-state index contributed by atoms with van der Waals surface area (Å²) in [5.74, 6) is 0.809. The molecule has 0 radical (unpaired) electrons. The lowest BCUT2D eigenvalue weighted by molar-refractivity contribution is -0.117. The predicted octanol–water partition coefficient (Wildman–Crippen LogP) is 3.70. The Morgan fingerprint density at radius 1 is 1.60 bits per heavy atom. The normalized spacial score (nSPS) is 23.7. The molecule has 2 atom stereocenters. The molecule has 0 aliphatic heterocycles. The van der Waals surface area contributed by atoms with Gasteiger partial charge in [0.05, 0.1) is 5.02 Å². The molecule has 0 aromatic heterocycles. The Hall–Kier alpha value is -0.540. The minimum atomic E-state index is 0.0980. The Morgan fingerprint density at radius 2 is 2.27 bits per heavy atom. The lowest BCUT2D eigenvalue weighted by Crippen LogP contribution is -2.14. The molecule has 15 heavy (non-hydrogen) atoms. The Balaban J connectivity index is 2.04. The van der Waals surface area contributed by atoms with E-state index < -0.39 is 0 Å². The molecule has 1 amide bonds. The van der Waals surface area contributed by atoms with Crippen LogP contribution in [0.2, 0.25) is 5.02 Å². The second-order valence-electron chi connectivity index (χ2n) is 3.94. The van der Waals surface area contributed by atoms with Crippen LogP contribution in [0, 0.1) is 11.8 Å². The lowest BCUT2D eigenvalue weighted by atomic mass is 10.3. The molecule has 1 aliphatic rings. The summed E-state index contributed by atoms with van der Waals surface area (Å²) >= 11 is 9.22. The highest BCUT2D eigenvalue weighted by atomic mass is 79.9. The molecule has 2 rings (SSSR count). The SMILES string of the molecule is C[C@@H]1C[C@H]1C(=O)Nc1ccc(Br)c(Cl)c1. The van der Waals surface area contributed by atoms with E-state index in [0.717, 1.165) is 16.6 Å². The highest BCUT2D eigenvalue weighted by Gasteiger charge is 2.39. The van der Waals surface area contributed by atoms with Gasteiger partial charge in [0.2, 0.25) is 5.91 Å². The van der Waals surface area contributed by atoms with E-state index in [1.54, 1.807) is 6.07 Å². The fourth-order valence-corrected chi connectivity index (χ4v) is 1.92. The van der Waals surface area contributed by atoms with Gasteiger partial charge in [0, 0.05) is 16.1 Å². The zero-order chi connectivity index (χ0) is 11.0. The van der Waals surface area contributed by atoms with Gasteiger partial charge < -0.3 is 5.32 Å². The van der Waals surface area contributed by atoms with E-state index >= 15 is 0 Å². The van der Waals surface area contributed by atoms with Gasteiger partial charge in [-0.05, 0) is 46.5 Å². The van der Waals surface area contributed by atoms with E-state index in [1.807, 2.05) is 12.1 Å². The first-order valence-electron chi connectivity index (χ1n) is 4.84. The molecule has 1 fully saturated rings. The van der Waals surface area contributed by atoms with Crippen LogP contribution in [0.5, 0.6) is 0 Å². The van der Waals surface area contributed by atoms with Crippen molar-refractivity contribution in [1.29, 1.82) is 0 Å². The molecule has 0 unspecified atom stereocenters.